The molecule has 0 unspecified atom stereocenters. The summed E-state index contributed by atoms with van der Waals surface area (Å²) in [5.41, 5.74) is 0. The van der Waals surface area contributed by atoms with Crippen LogP contribution in [0.25, 0.3) is 0 Å². The van der Waals surface area contributed by atoms with Gasteiger partial charge in [-0.3, -0.25) is 9.59 Å². The fourth-order valence-electron chi connectivity index (χ4n) is 0.885. The topological polar surface area (TPSA) is 78.9 Å². The van der Waals surface area contributed by atoms with Crippen LogP contribution in [0.2, 0.25) is 0 Å². The molecule has 0 saturated heterocycles. The summed E-state index contributed by atoms with van der Waals surface area (Å²) < 4.78 is 14.2. The van der Waals surface area contributed by atoms with Gasteiger partial charge in [0.1, 0.15) is 6.61 Å². The molecule has 6 heteroatoms. The first kappa shape index (κ1) is 15.4. The van der Waals surface area contributed by atoms with Crippen molar-refractivity contribution in [1.29, 1.82) is 0 Å². The molecule has 17 heavy (non-hydrogen) atoms. The van der Waals surface area contributed by atoms with E-state index in [2.05, 4.69) is 4.74 Å². The van der Waals surface area contributed by atoms with Crippen LogP contribution in [-0.2, 0) is 28.6 Å². The van der Waals surface area contributed by atoms with Gasteiger partial charge in [0.2, 0.25) is 6.10 Å². The molecule has 0 aromatic heterocycles. The predicted molar refractivity (Wildman–Crippen MR) is 58.0 cm³/mol. The standard InChI is InChI=1S/C11H18O6/c1-7(2)5-16-11(14)10(17-9(4)13)6-15-8(3)12/h7,10H,5-6H2,1-4H3/t10-/m1/s1. The second-order valence-electron chi connectivity index (χ2n) is 3.92. The second kappa shape index (κ2) is 7.65. The summed E-state index contributed by atoms with van der Waals surface area (Å²) in [6.45, 7) is 6.00. The highest BCUT2D eigenvalue weighted by atomic mass is 16.6. The Bertz CT molecular complexity index is 284. The lowest BCUT2D eigenvalue weighted by molar-refractivity contribution is -0.173. The molecule has 0 aromatic rings. The lowest BCUT2D eigenvalue weighted by Crippen LogP contribution is -2.34. The van der Waals surface area contributed by atoms with Crippen LogP contribution in [0.15, 0.2) is 0 Å². The quantitative estimate of drug-likeness (QED) is 0.506. The Labute approximate surface area is 100 Å². The minimum absolute atomic E-state index is 0.172. The highest BCUT2D eigenvalue weighted by Gasteiger charge is 2.24. The first-order valence-corrected chi connectivity index (χ1v) is 5.30. The Morgan fingerprint density at radius 1 is 0.941 bits per heavy atom. The van der Waals surface area contributed by atoms with Crippen LogP contribution in [0.4, 0.5) is 0 Å². The summed E-state index contributed by atoms with van der Waals surface area (Å²) in [5.74, 6) is -1.73. The average Bonchev–Trinajstić information content (AvgIpc) is 2.19. The monoisotopic (exact) mass is 246 g/mol. The number of hydrogen-bond donors (Lipinski definition) is 0. The van der Waals surface area contributed by atoms with Gasteiger partial charge < -0.3 is 14.2 Å². The highest BCUT2D eigenvalue weighted by Crippen LogP contribution is 2.01. The number of rotatable bonds is 6. The molecule has 0 aliphatic rings. The van der Waals surface area contributed by atoms with Gasteiger partial charge in [-0.15, -0.1) is 0 Å². The van der Waals surface area contributed by atoms with Gasteiger partial charge in [0, 0.05) is 13.8 Å². The third kappa shape index (κ3) is 8.24. The number of carbonyl (C=O) groups is 3. The Hall–Kier alpha value is -1.59. The smallest absolute Gasteiger partial charge is 0.351 e. The van der Waals surface area contributed by atoms with E-state index in [0.717, 1.165) is 6.92 Å². The van der Waals surface area contributed by atoms with Gasteiger partial charge in [-0.1, -0.05) is 13.8 Å². The molecule has 0 rings (SSSR count). The van der Waals surface area contributed by atoms with E-state index in [1.807, 2.05) is 13.8 Å². The third-order valence-corrected chi connectivity index (χ3v) is 1.57. The predicted octanol–water partition coefficient (Wildman–Crippen LogP) is 0.680. The van der Waals surface area contributed by atoms with Gasteiger partial charge >= 0.3 is 17.9 Å². The molecule has 0 fully saturated rings. The molecule has 1 atom stereocenters. The van der Waals surface area contributed by atoms with Crippen LogP contribution in [-0.4, -0.2) is 37.2 Å². The third-order valence-electron chi connectivity index (χ3n) is 1.57. The van der Waals surface area contributed by atoms with Crippen molar-refractivity contribution >= 4 is 17.9 Å². The molecule has 0 radical (unpaired) electrons. The lowest BCUT2D eigenvalue weighted by Gasteiger charge is -2.16. The lowest BCUT2D eigenvalue weighted by atomic mass is 10.2. The van der Waals surface area contributed by atoms with Crippen molar-refractivity contribution < 1.29 is 28.6 Å². The molecule has 0 saturated carbocycles. The van der Waals surface area contributed by atoms with Crippen molar-refractivity contribution in [3.05, 3.63) is 0 Å². The van der Waals surface area contributed by atoms with Gasteiger partial charge in [0.15, 0.2) is 0 Å². The summed E-state index contributed by atoms with van der Waals surface area (Å²) in [4.78, 5) is 32.9. The summed E-state index contributed by atoms with van der Waals surface area (Å²) in [6, 6.07) is 0. The zero-order valence-corrected chi connectivity index (χ0v) is 10.5. The van der Waals surface area contributed by atoms with E-state index in [9.17, 15) is 14.4 Å². The maximum absolute atomic E-state index is 11.5. The molecular formula is C11H18O6. The molecule has 6 nitrogen and oxygen atoms in total. The van der Waals surface area contributed by atoms with Crippen LogP contribution in [0.5, 0.6) is 0 Å². The van der Waals surface area contributed by atoms with Crippen LogP contribution in [0.3, 0.4) is 0 Å². The van der Waals surface area contributed by atoms with E-state index >= 15 is 0 Å². The molecule has 0 aliphatic heterocycles. The van der Waals surface area contributed by atoms with Gasteiger partial charge in [-0.05, 0) is 5.92 Å². The molecule has 98 valence electrons. The Kier molecular flexibility index (Phi) is 6.93. The van der Waals surface area contributed by atoms with E-state index in [-0.39, 0.29) is 19.1 Å². The van der Waals surface area contributed by atoms with Crippen LogP contribution in [0, 0.1) is 5.92 Å². The first-order valence-electron chi connectivity index (χ1n) is 5.30. The molecular weight excluding hydrogens is 228 g/mol. The minimum atomic E-state index is -1.20. The minimum Gasteiger partial charge on any atom is -0.463 e. The van der Waals surface area contributed by atoms with Gasteiger partial charge in [-0.2, -0.15) is 0 Å². The molecule has 0 aliphatic carbocycles. The van der Waals surface area contributed by atoms with E-state index in [1.54, 1.807) is 0 Å². The van der Waals surface area contributed by atoms with Crippen molar-refractivity contribution in [3.63, 3.8) is 0 Å². The van der Waals surface area contributed by atoms with Crippen molar-refractivity contribution in [2.75, 3.05) is 13.2 Å². The zero-order chi connectivity index (χ0) is 13.4. The molecule has 0 spiro atoms. The largest absolute Gasteiger partial charge is 0.463 e. The van der Waals surface area contributed by atoms with E-state index < -0.39 is 24.0 Å². The van der Waals surface area contributed by atoms with Gasteiger partial charge in [0.25, 0.3) is 0 Å². The van der Waals surface area contributed by atoms with Gasteiger partial charge in [-0.25, -0.2) is 4.79 Å². The summed E-state index contributed by atoms with van der Waals surface area (Å²) in [6.07, 6.45) is -1.20. The molecule has 0 aromatic carbocycles. The summed E-state index contributed by atoms with van der Waals surface area (Å²) in [7, 11) is 0. The summed E-state index contributed by atoms with van der Waals surface area (Å²) >= 11 is 0. The van der Waals surface area contributed by atoms with Crippen LogP contribution in [0.1, 0.15) is 27.7 Å². The fourth-order valence-corrected chi connectivity index (χ4v) is 0.885. The van der Waals surface area contributed by atoms with Crippen molar-refractivity contribution in [1.82, 2.24) is 0 Å². The number of hydrogen-bond acceptors (Lipinski definition) is 6. The Morgan fingerprint density at radius 2 is 1.53 bits per heavy atom. The van der Waals surface area contributed by atoms with Crippen molar-refractivity contribution in [3.8, 4) is 0 Å². The Morgan fingerprint density at radius 3 is 1.94 bits per heavy atom. The van der Waals surface area contributed by atoms with Crippen LogP contribution < -0.4 is 0 Å². The molecule has 0 bridgehead atoms. The van der Waals surface area contributed by atoms with E-state index in [1.165, 1.54) is 6.92 Å². The molecule has 0 heterocycles. The van der Waals surface area contributed by atoms with E-state index in [0.29, 0.717) is 0 Å². The summed E-state index contributed by atoms with van der Waals surface area (Å²) in [5, 5.41) is 0. The van der Waals surface area contributed by atoms with Gasteiger partial charge in [0.05, 0.1) is 6.61 Å². The number of esters is 3. The molecule has 0 N–H and O–H groups in total. The number of ether oxygens (including phenoxy) is 3. The molecule has 0 amide bonds. The van der Waals surface area contributed by atoms with Crippen LogP contribution >= 0.6 is 0 Å². The van der Waals surface area contributed by atoms with Crippen molar-refractivity contribution in [2.24, 2.45) is 5.92 Å². The second-order valence-corrected chi connectivity index (χ2v) is 3.92. The fraction of sp³-hybridized carbons (Fsp3) is 0.727. The maximum Gasteiger partial charge on any atom is 0.351 e. The Balaban J connectivity index is 4.28. The highest BCUT2D eigenvalue weighted by molar-refractivity contribution is 5.79. The SMILES string of the molecule is CC(=O)OC[C@@H](OC(C)=O)C(=O)OCC(C)C. The van der Waals surface area contributed by atoms with Crippen molar-refractivity contribution in [2.45, 2.75) is 33.8 Å². The zero-order valence-electron chi connectivity index (χ0n) is 10.5. The first-order chi connectivity index (χ1) is 7.82. The van der Waals surface area contributed by atoms with E-state index in [4.69, 9.17) is 9.47 Å². The maximum atomic E-state index is 11.5. The number of carbonyl (C=O) groups excluding carboxylic acids is 3. The average molecular weight is 246 g/mol. The normalized spacial score (nSPS) is 11.8.